The van der Waals surface area contributed by atoms with Crippen LogP contribution in [-0.4, -0.2) is 29.0 Å². The maximum atomic E-state index is 5.54. The average molecular weight is 238 g/mol. The van der Waals surface area contributed by atoms with Crippen molar-refractivity contribution in [2.24, 2.45) is 0 Å². The van der Waals surface area contributed by atoms with Gasteiger partial charge in [0.1, 0.15) is 6.61 Å². The SMILES string of the molecule is CC(C)c1ccc(OCCOC(C)(C)C)nn1. The Morgan fingerprint density at radius 1 is 1.12 bits per heavy atom. The number of aromatic nitrogens is 2. The van der Waals surface area contributed by atoms with Gasteiger partial charge in [-0.2, -0.15) is 5.10 Å². The zero-order chi connectivity index (χ0) is 12.9. The molecule has 0 saturated carbocycles. The van der Waals surface area contributed by atoms with E-state index in [2.05, 4.69) is 24.0 Å². The first kappa shape index (κ1) is 13.9. The average Bonchev–Trinajstić information content (AvgIpc) is 2.24. The molecule has 0 aliphatic heterocycles. The minimum absolute atomic E-state index is 0.128. The molecule has 0 aliphatic rings. The summed E-state index contributed by atoms with van der Waals surface area (Å²) in [5.41, 5.74) is 0.847. The highest BCUT2D eigenvalue weighted by Crippen LogP contribution is 2.13. The van der Waals surface area contributed by atoms with Crippen LogP contribution < -0.4 is 4.74 Å². The molecule has 0 radical (unpaired) electrons. The van der Waals surface area contributed by atoms with Gasteiger partial charge in [0, 0.05) is 6.07 Å². The molecule has 0 aromatic carbocycles. The molecule has 1 heterocycles. The number of nitrogens with zero attached hydrogens (tertiary/aromatic N) is 2. The molecule has 4 nitrogen and oxygen atoms in total. The van der Waals surface area contributed by atoms with Crippen molar-refractivity contribution in [3.8, 4) is 5.88 Å². The topological polar surface area (TPSA) is 44.2 Å². The summed E-state index contributed by atoms with van der Waals surface area (Å²) >= 11 is 0. The maximum Gasteiger partial charge on any atom is 0.233 e. The van der Waals surface area contributed by atoms with Crippen LogP contribution in [0.3, 0.4) is 0 Å². The first-order valence-corrected chi connectivity index (χ1v) is 5.99. The van der Waals surface area contributed by atoms with Crippen molar-refractivity contribution in [3.63, 3.8) is 0 Å². The molecule has 0 unspecified atom stereocenters. The van der Waals surface area contributed by atoms with Crippen molar-refractivity contribution in [1.82, 2.24) is 10.2 Å². The number of hydrogen-bond acceptors (Lipinski definition) is 4. The van der Waals surface area contributed by atoms with E-state index in [1.54, 1.807) is 0 Å². The van der Waals surface area contributed by atoms with Crippen LogP contribution in [-0.2, 0) is 4.74 Å². The van der Waals surface area contributed by atoms with Crippen LogP contribution in [0, 0.1) is 0 Å². The summed E-state index contributed by atoms with van der Waals surface area (Å²) < 4.78 is 11.0. The van der Waals surface area contributed by atoms with E-state index in [0.29, 0.717) is 25.0 Å². The fourth-order valence-electron chi connectivity index (χ4n) is 1.21. The van der Waals surface area contributed by atoms with E-state index in [-0.39, 0.29) is 5.60 Å². The molecule has 0 atom stereocenters. The summed E-state index contributed by atoms with van der Waals surface area (Å²) in [6, 6.07) is 3.79. The van der Waals surface area contributed by atoms with Crippen molar-refractivity contribution in [2.45, 2.75) is 46.1 Å². The molecule has 17 heavy (non-hydrogen) atoms. The van der Waals surface area contributed by atoms with Crippen LogP contribution in [0.4, 0.5) is 0 Å². The van der Waals surface area contributed by atoms with E-state index in [4.69, 9.17) is 9.47 Å². The molecular formula is C13H22N2O2. The van der Waals surface area contributed by atoms with Gasteiger partial charge < -0.3 is 9.47 Å². The van der Waals surface area contributed by atoms with Gasteiger partial charge in [0.05, 0.1) is 17.9 Å². The standard InChI is InChI=1S/C13H22N2O2/c1-10(2)11-6-7-12(15-14-11)16-8-9-17-13(3,4)5/h6-7,10H,8-9H2,1-5H3. The molecule has 1 aromatic heterocycles. The Labute approximate surface area is 103 Å². The predicted molar refractivity (Wildman–Crippen MR) is 67.3 cm³/mol. The van der Waals surface area contributed by atoms with Gasteiger partial charge in [-0.05, 0) is 32.8 Å². The molecule has 0 fully saturated rings. The summed E-state index contributed by atoms with van der Waals surface area (Å²) in [5, 5.41) is 8.10. The van der Waals surface area contributed by atoms with Gasteiger partial charge in [-0.1, -0.05) is 13.8 Å². The lowest BCUT2D eigenvalue weighted by Crippen LogP contribution is -2.22. The molecule has 1 rings (SSSR count). The second kappa shape index (κ2) is 5.96. The lowest BCUT2D eigenvalue weighted by Gasteiger charge is -2.19. The fourth-order valence-corrected chi connectivity index (χ4v) is 1.21. The summed E-state index contributed by atoms with van der Waals surface area (Å²) in [4.78, 5) is 0. The van der Waals surface area contributed by atoms with Gasteiger partial charge in [0.25, 0.3) is 0 Å². The first-order chi connectivity index (χ1) is 7.88. The monoisotopic (exact) mass is 238 g/mol. The predicted octanol–water partition coefficient (Wildman–Crippen LogP) is 2.79. The molecule has 0 saturated heterocycles. The lowest BCUT2D eigenvalue weighted by molar-refractivity contribution is -0.0169. The Morgan fingerprint density at radius 3 is 2.29 bits per heavy atom. The van der Waals surface area contributed by atoms with E-state index in [1.807, 2.05) is 32.9 Å². The smallest absolute Gasteiger partial charge is 0.233 e. The summed E-state index contributed by atoms with van der Waals surface area (Å²) in [5.74, 6) is 0.938. The van der Waals surface area contributed by atoms with Crippen LogP contribution in [0.25, 0.3) is 0 Å². The van der Waals surface area contributed by atoms with Crippen molar-refractivity contribution in [2.75, 3.05) is 13.2 Å². The van der Waals surface area contributed by atoms with E-state index in [9.17, 15) is 0 Å². The molecular weight excluding hydrogens is 216 g/mol. The molecule has 0 bridgehead atoms. The van der Waals surface area contributed by atoms with Gasteiger partial charge >= 0.3 is 0 Å². The van der Waals surface area contributed by atoms with Crippen molar-refractivity contribution >= 4 is 0 Å². The van der Waals surface area contributed by atoms with Crippen LogP contribution in [0.2, 0.25) is 0 Å². The normalized spacial score (nSPS) is 11.9. The Hall–Kier alpha value is -1.16. The lowest BCUT2D eigenvalue weighted by atomic mass is 10.1. The second-order valence-corrected chi connectivity index (χ2v) is 5.26. The van der Waals surface area contributed by atoms with E-state index in [0.717, 1.165) is 5.69 Å². The van der Waals surface area contributed by atoms with Crippen LogP contribution >= 0.6 is 0 Å². The van der Waals surface area contributed by atoms with Gasteiger partial charge in [-0.3, -0.25) is 0 Å². The summed E-state index contributed by atoms with van der Waals surface area (Å²) in [6.45, 7) is 11.3. The van der Waals surface area contributed by atoms with Gasteiger partial charge in [0.2, 0.25) is 5.88 Å². The quantitative estimate of drug-likeness (QED) is 0.740. The highest BCUT2D eigenvalue weighted by atomic mass is 16.5. The number of rotatable bonds is 5. The zero-order valence-corrected chi connectivity index (χ0v) is 11.4. The molecule has 0 aliphatic carbocycles. The Bertz CT molecular complexity index is 328. The minimum atomic E-state index is -0.128. The molecule has 0 spiro atoms. The zero-order valence-electron chi connectivity index (χ0n) is 11.4. The van der Waals surface area contributed by atoms with Gasteiger partial charge in [-0.25, -0.2) is 0 Å². The van der Waals surface area contributed by atoms with E-state index < -0.39 is 0 Å². The van der Waals surface area contributed by atoms with Crippen molar-refractivity contribution in [3.05, 3.63) is 17.8 Å². The fraction of sp³-hybridized carbons (Fsp3) is 0.692. The number of hydrogen-bond donors (Lipinski definition) is 0. The van der Waals surface area contributed by atoms with Crippen molar-refractivity contribution < 1.29 is 9.47 Å². The summed E-state index contributed by atoms with van der Waals surface area (Å²) in [6.07, 6.45) is 0. The Balaban J connectivity index is 2.33. The molecule has 4 heteroatoms. The third-order valence-corrected chi connectivity index (χ3v) is 2.12. The largest absolute Gasteiger partial charge is 0.474 e. The molecule has 0 amide bonds. The third-order valence-electron chi connectivity index (χ3n) is 2.12. The minimum Gasteiger partial charge on any atom is -0.474 e. The van der Waals surface area contributed by atoms with Crippen LogP contribution in [0.1, 0.15) is 46.2 Å². The van der Waals surface area contributed by atoms with E-state index >= 15 is 0 Å². The second-order valence-electron chi connectivity index (χ2n) is 5.26. The molecule has 96 valence electrons. The van der Waals surface area contributed by atoms with Crippen LogP contribution in [0.15, 0.2) is 12.1 Å². The van der Waals surface area contributed by atoms with Gasteiger partial charge in [-0.15, -0.1) is 5.10 Å². The third kappa shape index (κ3) is 5.63. The van der Waals surface area contributed by atoms with E-state index in [1.165, 1.54) is 0 Å². The maximum absolute atomic E-state index is 5.54. The Kier molecular flexibility index (Phi) is 4.87. The number of ether oxygens (including phenoxy) is 2. The Morgan fingerprint density at radius 2 is 1.82 bits per heavy atom. The van der Waals surface area contributed by atoms with Crippen molar-refractivity contribution in [1.29, 1.82) is 0 Å². The highest BCUT2D eigenvalue weighted by molar-refractivity contribution is 5.13. The van der Waals surface area contributed by atoms with Gasteiger partial charge in [0.15, 0.2) is 0 Å². The molecule has 0 N–H and O–H groups in total. The summed E-state index contributed by atoms with van der Waals surface area (Å²) in [7, 11) is 0. The first-order valence-electron chi connectivity index (χ1n) is 5.99. The van der Waals surface area contributed by atoms with Crippen LogP contribution in [0.5, 0.6) is 5.88 Å². The molecule has 1 aromatic rings. The highest BCUT2D eigenvalue weighted by Gasteiger charge is 2.09.